The highest BCUT2D eigenvalue weighted by atomic mass is 16.6. The second-order valence-corrected chi connectivity index (χ2v) is 7.16. The minimum atomic E-state index is -0.433. The Morgan fingerprint density at radius 3 is 2.39 bits per heavy atom. The van der Waals surface area contributed by atoms with Crippen LogP contribution in [0.2, 0.25) is 0 Å². The molecule has 31 heavy (non-hydrogen) atoms. The van der Waals surface area contributed by atoms with Crippen molar-refractivity contribution in [1.29, 1.82) is 0 Å². The minimum absolute atomic E-state index is 0.0502. The first kappa shape index (κ1) is 20.2. The first-order chi connectivity index (χ1) is 15.0. The van der Waals surface area contributed by atoms with Crippen LogP contribution in [-0.4, -0.2) is 24.5 Å². The number of nitrogens with one attached hydrogen (secondary N) is 3. The van der Waals surface area contributed by atoms with Crippen molar-refractivity contribution >= 4 is 17.4 Å². The molecule has 2 heterocycles. The normalized spacial score (nSPS) is 11.0. The van der Waals surface area contributed by atoms with E-state index in [2.05, 4.69) is 25.7 Å². The van der Waals surface area contributed by atoms with Gasteiger partial charge in [0.2, 0.25) is 5.95 Å². The van der Waals surface area contributed by atoms with E-state index in [1.54, 1.807) is 12.1 Å². The number of anilines is 1. The molecule has 0 saturated carbocycles. The minimum Gasteiger partial charge on any atom is -0.351 e. The number of hydrogen-bond acceptors (Lipinski definition) is 7. The van der Waals surface area contributed by atoms with E-state index in [1.165, 1.54) is 28.3 Å². The predicted octanol–water partition coefficient (Wildman–Crippen LogP) is 2.54. The lowest BCUT2D eigenvalue weighted by molar-refractivity contribution is -0.384. The molecule has 0 spiro atoms. The van der Waals surface area contributed by atoms with Gasteiger partial charge in [-0.05, 0) is 18.1 Å². The number of non-ortho nitro benzene ring substituents is 1. The van der Waals surface area contributed by atoms with Crippen molar-refractivity contribution in [3.63, 3.8) is 0 Å². The molecule has 3 N–H and O–H groups in total. The van der Waals surface area contributed by atoms with Gasteiger partial charge >= 0.3 is 0 Å². The molecule has 2 aromatic carbocycles. The van der Waals surface area contributed by atoms with Crippen LogP contribution in [0, 0.1) is 17.0 Å². The van der Waals surface area contributed by atoms with Crippen molar-refractivity contribution in [3.05, 3.63) is 97.4 Å². The molecule has 4 aromatic rings. The summed E-state index contributed by atoms with van der Waals surface area (Å²) >= 11 is 0. The molecule has 10 heteroatoms. The van der Waals surface area contributed by atoms with Gasteiger partial charge in [-0.2, -0.15) is 9.50 Å². The molecular formula is C21H21N7O3. The number of aryl methyl sites for hydroxylation is 1. The standard InChI is InChI=1S/C21H21N7O3/c1-14-2-4-16(5-3-14)12-23-20-25-21-24-17(10-19(29)27(21)26-20)13-22-11-15-6-8-18(9-7-15)28(30)31/h2-10,22H,11-13H2,1H3,(H2,23,24,25,26). The van der Waals surface area contributed by atoms with Gasteiger partial charge in [0.05, 0.1) is 10.6 Å². The number of aromatic nitrogens is 4. The average molecular weight is 419 g/mol. The van der Waals surface area contributed by atoms with Crippen LogP contribution >= 0.6 is 0 Å². The average Bonchev–Trinajstić information content (AvgIpc) is 3.17. The quantitative estimate of drug-likeness (QED) is 0.295. The van der Waals surface area contributed by atoms with Gasteiger partial charge in [-0.1, -0.05) is 42.0 Å². The number of aromatic amines is 1. The smallest absolute Gasteiger partial charge is 0.274 e. The summed E-state index contributed by atoms with van der Waals surface area (Å²) in [6.07, 6.45) is 0. The summed E-state index contributed by atoms with van der Waals surface area (Å²) in [5.74, 6) is 0.743. The highest BCUT2D eigenvalue weighted by Crippen LogP contribution is 2.12. The lowest BCUT2D eigenvalue weighted by Gasteiger charge is -2.04. The van der Waals surface area contributed by atoms with E-state index in [1.807, 2.05) is 31.2 Å². The molecule has 0 amide bonds. The van der Waals surface area contributed by atoms with E-state index < -0.39 is 4.92 Å². The maximum Gasteiger partial charge on any atom is 0.274 e. The Morgan fingerprint density at radius 2 is 1.68 bits per heavy atom. The molecule has 0 unspecified atom stereocenters. The van der Waals surface area contributed by atoms with Crippen molar-refractivity contribution in [2.45, 2.75) is 26.6 Å². The topological polar surface area (TPSA) is 130 Å². The largest absolute Gasteiger partial charge is 0.351 e. The second kappa shape index (κ2) is 8.76. The van der Waals surface area contributed by atoms with Crippen LogP contribution < -0.4 is 16.2 Å². The van der Waals surface area contributed by atoms with Crippen molar-refractivity contribution in [1.82, 2.24) is 24.9 Å². The zero-order chi connectivity index (χ0) is 21.8. The molecule has 0 aliphatic rings. The van der Waals surface area contributed by atoms with Crippen molar-refractivity contribution < 1.29 is 4.92 Å². The van der Waals surface area contributed by atoms with Crippen LogP contribution in [0.5, 0.6) is 0 Å². The molecular weight excluding hydrogens is 398 g/mol. The number of hydrogen-bond donors (Lipinski definition) is 3. The van der Waals surface area contributed by atoms with Gasteiger partial charge in [0.25, 0.3) is 17.0 Å². The third-order valence-corrected chi connectivity index (χ3v) is 4.75. The van der Waals surface area contributed by atoms with Gasteiger partial charge < -0.3 is 10.6 Å². The lowest BCUT2D eigenvalue weighted by atomic mass is 10.1. The summed E-state index contributed by atoms with van der Waals surface area (Å²) in [4.78, 5) is 31.4. The van der Waals surface area contributed by atoms with Gasteiger partial charge in [-0.3, -0.25) is 20.0 Å². The molecule has 0 bridgehead atoms. The molecule has 10 nitrogen and oxygen atoms in total. The number of benzene rings is 2. The van der Waals surface area contributed by atoms with E-state index in [-0.39, 0.29) is 17.0 Å². The molecule has 0 aliphatic carbocycles. The predicted molar refractivity (Wildman–Crippen MR) is 116 cm³/mol. The summed E-state index contributed by atoms with van der Waals surface area (Å²) in [6, 6.07) is 15.9. The van der Waals surface area contributed by atoms with Crippen molar-refractivity contribution in [3.8, 4) is 0 Å². The van der Waals surface area contributed by atoms with Crippen LogP contribution in [-0.2, 0) is 19.6 Å². The number of nitro groups is 1. The fourth-order valence-electron chi connectivity index (χ4n) is 3.06. The molecule has 0 fully saturated rings. The van der Waals surface area contributed by atoms with E-state index in [0.717, 1.165) is 11.1 Å². The Morgan fingerprint density at radius 1 is 1.00 bits per heavy atom. The summed E-state index contributed by atoms with van der Waals surface area (Å²) in [7, 11) is 0. The maximum atomic E-state index is 12.4. The number of H-pyrrole nitrogens is 1. The fraction of sp³-hybridized carbons (Fsp3) is 0.190. The Balaban J connectivity index is 1.39. The molecule has 0 atom stereocenters. The molecule has 4 rings (SSSR count). The Labute approximate surface area is 177 Å². The van der Waals surface area contributed by atoms with Gasteiger partial charge in [-0.15, -0.1) is 0 Å². The summed E-state index contributed by atoms with van der Waals surface area (Å²) in [5, 5.41) is 20.0. The van der Waals surface area contributed by atoms with Crippen molar-refractivity contribution in [2.24, 2.45) is 0 Å². The van der Waals surface area contributed by atoms with Crippen LogP contribution in [0.1, 0.15) is 22.4 Å². The van der Waals surface area contributed by atoms with Crippen LogP contribution in [0.3, 0.4) is 0 Å². The maximum absolute atomic E-state index is 12.4. The summed E-state index contributed by atoms with van der Waals surface area (Å²) < 4.78 is 1.29. The Bertz CT molecular complexity index is 1260. The number of fused-ring (bicyclic) bond motifs is 1. The van der Waals surface area contributed by atoms with Crippen LogP contribution in [0.15, 0.2) is 59.4 Å². The van der Waals surface area contributed by atoms with Crippen LogP contribution in [0.4, 0.5) is 11.6 Å². The lowest BCUT2D eigenvalue weighted by Crippen LogP contribution is -2.20. The fourth-order valence-corrected chi connectivity index (χ4v) is 3.06. The number of nitro benzene ring substituents is 1. The number of nitrogens with zero attached hydrogens (tertiary/aromatic N) is 4. The Hall–Kier alpha value is -4.05. The zero-order valence-corrected chi connectivity index (χ0v) is 16.8. The first-order valence-corrected chi connectivity index (χ1v) is 9.70. The summed E-state index contributed by atoms with van der Waals surface area (Å²) in [5.41, 5.74) is 3.54. The SMILES string of the molecule is Cc1ccc(CNc2nc3nc(CNCc4ccc([N+](=O)[O-])cc4)cc(=O)n3[nH]2)cc1. The first-order valence-electron chi connectivity index (χ1n) is 9.70. The number of rotatable bonds is 8. The van der Waals surface area contributed by atoms with E-state index >= 15 is 0 Å². The molecule has 0 aliphatic heterocycles. The molecule has 158 valence electrons. The summed E-state index contributed by atoms with van der Waals surface area (Å²) in [6.45, 7) is 3.45. The van der Waals surface area contributed by atoms with Crippen LogP contribution in [0.25, 0.3) is 5.78 Å². The zero-order valence-electron chi connectivity index (χ0n) is 16.8. The van der Waals surface area contributed by atoms with E-state index in [0.29, 0.717) is 31.3 Å². The van der Waals surface area contributed by atoms with E-state index in [9.17, 15) is 14.9 Å². The van der Waals surface area contributed by atoms with Gasteiger partial charge in [-0.25, -0.2) is 4.98 Å². The van der Waals surface area contributed by atoms with Gasteiger partial charge in [0.1, 0.15) is 0 Å². The van der Waals surface area contributed by atoms with Gasteiger partial charge in [0, 0.05) is 37.8 Å². The van der Waals surface area contributed by atoms with Crippen molar-refractivity contribution in [2.75, 3.05) is 5.32 Å². The molecule has 0 saturated heterocycles. The third-order valence-electron chi connectivity index (χ3n) is 4.75. The third kappa shape index (κ3) is 4.93. The Kier molecular flexibility index (Phi) is 5.72. The van der Waals surface area contributed by atoms with E-state index in [4.69, 9.17) is 0 Å². The second-order valence-electron chi connectivity index (χ2n) is 7.16. The highest BCUT2D eigenvalue weighted by molar-refractivity contribution is 5.38. The molecule has 0 radical (unpaired) electrons. The highest BCUT2D eigenvalue weighted by Gasteiger charge is 2.09. The van der Waals surface area contributed by atoms with Gasteiger partial charge in [0.15, 0.2) is 0 Å². The monoisotopic (exact) mass is 419 g/mol. The molecule has 2 aromatic heterocycles.